The molecule has 0 aliphatic rings. The van der Waals surface area contributed by atoms with E-state index in [0.717, 1.165) is 33.7 Å². The van der Waals surface area contributed by atoms with Crippen LogP contribution < -0.4 is 5.32 Å². The smallest absolute Gasteiger partial charge is 0.0746 e. The summed E-state index contributed by atoms with van der Waals surface area (Å²) in [6, 6.07) is 16.3. The molecule has 3 aromatic rings. The fourth-order valence-corrected chi connectivity index (χ4v) is 2.75. The molecule has 3 rings (SSSR count). The maximum Gasteiger partial charge on any atom is 0.0746 e. The Morgan fingerprint density at radius 2 is 1.90 bits per heavy atom. The van der Waals surface area contributed by atoms with Gasteiger partial charge >= 0.3 is 0 Å². The molecular formula is C17H14BrClN2. The average molecular weight is 362 g/mol. The monoisotopic (exact) mass is 360 g/mol. The molecule has 21 heavy (non-hydrogen) atoms. The molecule has 0 aliphatic heterocycles. The largest absolute Gasteiger partial charge is 0.309 e. The standard InChI is InChI=1S/C17H14BrClN2/c18-15-7-6-12(9-16(15)19)10-20-11-14-4-1-3-13-5-2-8-21-17(13)14/h1-9,20H,10-11H2. The highest BCUT2D eigenvalue weighted by Crippen LogP contribution is 2.23. The summed E-state index contributed by atoms with van der Waals surface area (Å²) >= 11 is 9.50. The van der Waals surface area contributed by atoms with Crippen LogP contribution in [0.1, 0.15) is 11.1 Å². The van der Waals surface area contributed by atoms with E-state index in [1.165, 1.54) is 10.9 Å². The van der Waals surface area contributed by atoms with Gasteiger partial charge in [-0.2, -0.15) is 0 Å². The lowest BCUT2D eigenvalue weighted by molar-refractivity contribution is 0.695. The second-order valence-corrected chi connectivity index (χ2v) is 6.11. The first-order chi connectivity index (χ1) is 10.2. The number of pyridine rings is 1. The third-order valence-electron chi connectivity index (χ3n) is 3.34. The molecule has 0 saturated carbocycles. The number of benzene rings is 2. The predicted molar refractivity (Wildman–Crippen MR) is 91.4 cm³/mol. The average Bonchev–Trinajstić information content (AvgIpc) is 2.51. The van der Waals surface area contributed by atoms with E-state index < -0.39 is 0 Å². The summed E-state index contributed by atoms with van der Waals surface area (Å²) in [5.74, 6) is 0. The van der Waals surface area contributed by atoms with Crippen LogP contribution in [0.25, 0.3) is 10.9 Å². The molecule has 2 nitrogen and oxygen atoms in total. The van der Waals surface area contributed by atoms with Crippen LogP contribution in [0.2, 0.25) is 5.02 Å². The van der Waals surface area contributed by atoms with Crippen LogP contribution in [0.5, 0.6) is 0 Å². The molecule has 0 saturated heterocycles. The SMILES string of the molecule is Clc1cc(CNCc2cccc3cccnc23)ccc1Br. The Labute approximate surface area is 137 Å². The van der Waals surface area contributed by atoms with Crippen LogP contribution in [0.15, 0.2) is 59.2 Å². The van der Waals surface area contributed by atoms with Gasteiger partial charge < -0.3 is 5.32 Å². The van der Waals surface area contributed by atoms with E-state index in [0.29, 0.717) is 0 Å². The number of nitrogens with one attached hydrogen (secondary N) is 1. The second kappa shape index (κ2) is 6.56. The van der Waals surface area contributed by atoms with Crippen LogP contribution in [-0.4, -0.2) is 4.98 Å². The van der Waals surface area contributed by atoms with Gasteiger partial charge in [0.15, 0.2) is 0 Å². The van der Waals surface area contributed by atoms with Gasteiger partial charge in [0, 0.05) is 29.1 Å². The van der Waals surface area contributed by atoms with E-state index in [2.05, 4.69) is 56.6 Å². The number of halogens is 2. The molecule has 0 spiro atoms. The van der Waals surface area contributed by atoms with E-state index in [-0.39, 0.29) is 0 Å². The molecule has 0 radical (unpaired) electrons. The molecule has 0 unspecified atom stereocenters. The van der Waals surface area contributed by atoms with Gasteiger partial charge in [-0.15, -0.1) is 0 Å². The second-order valence-electron chi connectivity index (χ2n) is 4.84. The minimum Gasteiger partial charge on any atom is -0.309 e. The molecule has 0 amide bonds. The zero-order valence-electron chi connectivity index (χ0n) is 11.3. The highest BCUT2D eigenvalue weighted by molar-refractivity contribution is 9.10. The summed E-state index contributed by atoms with van der Waals surface area (Å²) in [7, 11) is 0. The first-order valence-corrected chi connectivity index (χ1v) is 7.88. The predicted octanol–water partition coefficient (Wildman–Crippen LogP) is 4.94. The van der Waals surface area contributed by atoms with Crippen LogP contribution >= 0.6 is 27.5 Å². The Bertz CT molecular complexity index is 768. The summed E-state index contributed by atoms with van der Waals surface area (Å²) in [6.45, 7) is 1.55. The van der Waals surface area contributed by atoms with Crippen molar-refractivity contribution in [1.29, 1.82) is 0 Å². The molecular weight excluding hydrogens is 348 g/mol. The van der Waals surface area contributed by atoms with E-state index >= 15 is 0 Å². The van der Waals surface area contributed by atoms with Crippen molar-refractivity contribution in [2.75, 3.05) is 0 Å². The van der Waals surface area contributed by atoms with E-state index in [9.17, 15) is 0 Å². The van der Waals surface area contributed by atoms with Gasteiger partial charge in [0.1, 0.15) is 0 Å². The molecule has 0 bridgehead atoms. The van der Waals surface area contributed by atoms with Crippen molar-refractivity contribution in [1.82, 2.24) is 10.3 Å². The molecule has 4 heteroatoms. The van der Waals surface area contributed by atoms with Gasteiger partial charge in [0.2, 0.25) is 0 Å². The van der Waals surface area contributed by atoms with Gasteiger partial charge in [-0.3, -0.25) is 4.98 Å². The van der Waals surface area contributed by atoms with E-state index in [4.69, 9.17) is 11.6 Å². The van der Waals surface area contributed by atoms with Gasteiger partial charge in [0.25, 0.3) is 0 Å². The van der Waals surface area contributed by atoms with Gasteiger partial charge in [-0.1, -0.05) is 41.9 Å². The molecule has 0 aliphatic carbocycles. The van der Waals surface area contributed by atoms with Gasteiger partial charge in [-0.05, 0) is 45.3 Å². The summed E-state index contributed by atoms with van der Waals surface area (Å²) in [5, 5.41) is 5.35. The molecule has 1 aromatic heterocycles. The first-order valence-electron chi connectivity index (χ1n) is 6.71. The fourth-order valence-electron chi connectivity index (χ4n) is 2.30. The maximum atomic E-state index is 6.10. The Kier molecular flexibility index (Phi) is 4.54. The zero-order chi connectivity index (χ0) is 14.7. The fraction of sp³-hybridized carbons (Fsp3) is 0.118. The number of hydrogen-bond donors (Lipinski definition) is 1. The number of hydrogen-bond acceptors (Lipinski definition) is 2. The molecule has 1 N–H and O–H groups in total. The third kappa shape index (κ3) is 3.43. The maximum absolute atomic E-state index is 6.10. The Morgan fingerprint density at radius 3 is 2.76 bits per heavy atom. The van der Waals surface area contributed by atoms with Crippen molar-refractivity contribution in [3.05, 3.63) is 75.4 Å². The Hall–Kier alpha value is -1.42. The minimum absolute atomic E-state index is 0.737. The van der Waals surface area contributed by atoms with Crippen molar-refractivity contribution >= 4 is 38.4 Å². The topological polar surface area (TPSA) is 24.9 Å². The van der Waals surface area contributed by atoms with Crippen LogP contribution in [-0.2, 0) is 13.1 Å². The van der Waals surface area contributed by atoms with Crippen LogP contribution in [0.4, 0.5) is 0 Å². The molecule has 0 fully saturated rings. The zero-order valence-corrected chi connectivity index (χ0v) is 13.7. The summed E-state index contributed by atoms with van der Waals surface area (Å²) < 4.78 is 0.922. The number of aromatic nitrogens is 1. The van der Waals surface area contributed by atoms with Crippen molar-refractivity contribution < 1.29 is 0 Å². The number of para-hydroxylation sites is 1. The van der Waals surface area contributed by atoms with Crippen molar-refractivity contribution in [2.24, 2.45) is 0 Å². The summed E-state index contributed by atoms with van der Waals surface area (Å²) in [4.78, 5) is 4.47. The molecule has 2 aromatic carbocycles. The van der Waals surface area contributed by atoms with Crippen molar-refractivity contribution in [2.45, 2.75) is 13.1 Å². The number of nitrogens with zero attached hydrogens (tertiary/aromatic N) is 1. The lowest BCUT2D eigenvalue weighted by atomic mass is 10.1. The third-order valence-corrected chi connectivity index (χ3v) is 4.58. The molecule has 106 valence electrons. The minimum atomic E-state index is 0.737. The Morgan fingerprint density at radius 1 is 1.05 bits per heavy atom. The summed E-state index contributed by atoms with van der Waals surface area (Å²) in [6.07, 6.45) is 1.83. The van der Waals surface area contributed by atoms with Crippen LogP contribution in [0.3, 0.4) is 0 Å². The number of fused-ring (bicyclic) bond motifs is 1. The Balaban J connectivity index is 1.70. The van der Waals surface area contributed by atoms with Gasteiger partial charge in [-0.25, -0.2) is 0 Å². The molecule has 0 atom stereocenters. The highest BCUT2D eigenvalue weighted by Gasteiger charge is 2.02. The number of rotatable bonds is 4. The van der Waals surface area contributed by atoms with Crippen molar-refractivity contribution in [3.63, 3.8) is 0 Å². The van der Waals surface area contributed by atoms with E-state index in [1.807, 2.05) is 24.4 Å². The normalized spacial score (nSPS) is 11.0. The highest BCUT2D eigenvalue weighted by atomic mass is 79.9. The lowest BCUT2D eigenvalue weighted by Gasteiger charge is -2.08. The quantitative estimate of drug-likeness (QED) is 0.712. The van der Waals surface area contributed by atoms with Crippen LogP contribution in [0, 0.1) is 0 Å². The van der Waals surface area contributed by atoms with E-state index in [1.54, 1.807) is 0 Å². The molecule has 1 heterocycles. The summed E-state index contributed by atoms with van der Waals surface area (Å²) in [5.41, 5.74) is 3.43. The van der Waals surface area contributed by atoms with Gasteiger partial charge in [0.05, 0.1) is 10.5 Å². The van der Waals surface area contributed by atoms with Crippen molar-refractivity contribution in [3.8, 4) is 0 Å². The first kappa shape index (κ1) is 14.5. The lowest BCUT2D eigenvalue weighted by Crippen LogP contribution is -2.13.